The van der Waals surface area contributed by atoms with Crippen molar-refractivity contribution in [3.05, 3.63) is 64.7 Å². The summed E-state index contributed by atoms with van der Waals surface area (Å²) in [6.45, 7) is 6.17. The first kappa shape index (κ1) is 13.6. The monoisotopic (exact) mass is 255 g/mol. The Morgan fingerprint density at radius 2 is 1.63 bits per heavy atom. The van der Waals surface area contributed by atoms with Crippen LogP contribution in [0.3, 0.4) is 0 Å². The number of ether oxygens (including phenoxy) is 1. The zero-order valence-electron chi connectivity index (χ0n) is 12.0. The summed E-state index contributed by atoms with van der Waals surface area (Å²) in [4.78, 5) is 0. The van der Waals surface area contributed by atoms with Gasteiger partial charge in [-0.2, -0.15) is 0 Å². The molecule has 0 aliphatic rings. The van der Waals surface area contributed by atoms with Crippen LogP contribution in [0.5, 0.6) is 5.75 Å². The standard InChI is InChI=1S/C17H21NO/c1-12-11-16(19-4)13(2)10-15(12)17(3,18)14-8-6-5-7-9-14/h5-11H,18H2,1-4H3. The predicted octanol–water partition coefficient (Wildman–Crippen LogP) is 3.53. The maximum Gasteiger partial charge on any atom is 0.122 e. The molecule has 1 unspecified atom stereocenters. The molecule has 0 saturated carbocycles. The van der Waals surface area contributed by atoms with E-state index in [1.165, 1.54) is 0 Å². The van der Waals surface area contributed by atoms with Gasteiger partial charge in [-0.25, -0.2) is 0 Å². The van der Waals surface area contributed by atoms with Crippen molar-refractivity contribution >= 4 is 0 Å². The van der Waals surface area contributed by atoms with E-state index in [2.05, 4.69) is 38.1 Å². The van der Waals surface area contributed by atoms with Gasteiger partial charge < -0.3 is 10.5 Å². The van der Waals surface area contributed by atoms with Gasteiger partial charge in [-0.15, -0.1) is 0 Å². The third-order valence-electron chi connectivity index (χ3n) is 3.67. The molecule has 2 heteroatoms. The fraction of sp³-hybridized carbons (Fsp3) is 0.294. The molecule has 100 valence electrons. The van der Waals surface area contributed by atoms with Crippen LogP contribution in [-0.4, -0.2) is 7.11 Å². The number of benzene rings is 2. The van der Waals surface area contributed by atoms with Gasteiger partial charge >= 0.3 is 0 Å². The molecule has 0 bridgehead atoms. The molecule has 2 N–H and O–H groups in total. The van der Waals surface area contributed by atoms with Gasteiger partial charge in [0.2, 0.25) is 0 Å². The highest BCUT2D eigenvalue weighted by Gasteiger charge is 2.26. The van der Waals surface area contributed by atoms with Crippen LogP contribution < -0.4 is 10.5 Å². The smallest absolute Gasteiger partial charge is 0.122 e. The van der Waals surface area contributed by atoms with Crippen molar-refractivity contribution in [2.24, 2.45) is 5.73 Å². The molecule has 2 aromatic rings. The molecule has 0 aliphatic heterocycles. The Kier molecular flexibility index (Phi) is 3.63. The lowest BCUT2D eigenvalue weighted by molar-refractivity contribution is 0.410. The molecule has 1 atom stereocenters. The van der Waals surface area contributed by atoms with Crippen molar-refractivity contribution in [2.45, 2.75) is 26.3 Å². The van der Waals surface area contributed by atoms with E-state index in [-0.39, 0.29) is 0 Å². The van der Waals surface area contributed by atoms with Gasteiger partial charge in [-0.3, -0.25) is 0 Å². The van der Waals surface area contributed by atoms with E-state index in [0.29, 0.717) is 0 Å². The van der Waals surface area contributed by atoms with E-state index in [1.54, 1.807) is 7.11 Å². The summed E-state index contributed by atoms with van der Waals surface area (Å²) in [5.74, 6) is 0.908. The molecule has 2 nitrogen and oxygen atoms in total. The SMILES string of the molecule is COc1cc(C)c(C(C)(N)c2ccccc2)cc1C. The number of methoxy groups -OCH3 is 1. The Morgan fingerprint density at radius 1 is 1.00 bits per heavy atom. The predicted molar refractivity (Wildman–Crippen MR) is 79.6 cm³/mol. The Morgan fingerprint density at radius 3 is 2.21 bits per heavy atom. The number of rotatable bonds is 3. The third-order valence-corrected chi connectivity index (χ3v) is 3.67. The highest BCUT2D eigenvalue weighted by Crippen LogP contribution is 2.32. The average molecular weight is 255 g/mol. The molecular weight excluding hydrogens is 234 g/mol. The van der Waals surface area contributed by atoms with Crippen LogP contribution in [-0.2, 0) is 5.54 Å². The molecule has 0 amide bonds. The number of hydrogen-bond acceptors (Lipinski definition) is 2. The van der Waals surface area contributed by atoms with Gasteiger partial charge in [0.05, 0.1) is 12.6 Å². The van der Waals surface area contributed by atoms with E-state index in [1.807, 2.05) is 25.1 Å². The second-order valence-electron chi connectivity index (χ2n) is 5.21. The molecule has 0 fully saturated rings. The van der Waals surface area contributed by atoms with Crippen LogP contribution in [0.2, 0.25) is 0 Å². The molecule has 2 aromatic carbocycles. The number of hydrogen-bond donors (Lipinski definition) is 1. The maximum atomic E-state index is 6.58. The first-order chi connectivity index (χ1) is 8.96. The summed E-state index contributed by atoms with van der Waals surface area (Å²) in [6.07, 6.45) is 0. The van der Waals surface area contributed by atoms with E-state index in [0.717, 1.165) is 28.0 Å². The highest BCUT2D eigenvalue weighted by atomic mass is 16.5. The minimum atomic E-state index is -0.498. The molecule has 0 radical (unpaired) electrons. The summed E-state index contributed by atoms with van der Waals surface area (Å²) in [6, 6.07) is 14.4. The Labute approximate surface area is 115 Å². The van der Waals surface area contributed by atoms with E-state index < -0.39 is 5.54 Å². The van der Waals surface area contributed by atoms with Gasteiger partial charge in [0.15, 0.2) is 0 Å². The average Bonchev–Trinajstić information content (AvgIpc) is 2.41. The van der Waals surface area contributed by atoms with Gasteiger partial charge in [0.1, 0.15) is 5.75 Å². The maximum absolute atomic E-state index is 6.58. The van der Waals surface area contributed by atoms with Gasteiger partial charge in [0, 0.05) is 0 Å². The van der Waals surface area contributed by atoms with E-state index in [9.17, 15) is 0 Å². The number of aryl methyl sites for hydroxylation is 2. The van der Waals surface area contributed by atoms with Crippen LogP contribution in [0.1, 0.15) is 29.2 Å². The third kappa shape index (κ3) is 2.49. The van der Waals surface area contributed by atoms with Crippen molar-refractivity contribution in [3.63, 3.8) is 0 Å². The molecule has 0 saturated heterocycles. The summed E-state index contributed by atoms with van der Waals surface area (Å²) in [5, 5.41) is 0. The zero-order valence-corrected chi connectivity index (χ0v) is 12.0. The Bertz CT molecular complexity index is 573. The molecule has 0 aromatic heterocycles. The minimum absolute atomic E-state index is 0.498. The van der Waals surface area contributed by atoms with Crippen LogP contribution in [0.25, 0.3) is 0 Å². The van der Waals surface area contributed by atoms with E-state index in [4.69, 9.17) is 10.5 Å². The highest BCUT2D eigenvalue weighted by molar-refractivity contribution is 5.48. The summed E-state index contributed by atoms with van der Waals surface area (Å²) >= 11 is 0. The largest absolute Gasteiger partial charge is 0.496 e. The minimum Gasteiger partial charge on any atom is -0.496 e. The topological polar surface area (TPSA) is 35.2 Å². The van der Waals surface area contributed by atoms with Crippen molar-refractivity contribution in [1.29, 1.82) is 0 Å². The van der Waals surface area contributed by atoms with E-state index >= 15 is 0 Å². The lowest BCUT2D eigenvalue weighted by atomic mass is 9.82. The van der Waals surface area contributed by atoms with Crippen molar-refractivity contribution in [2.75, 3.05) is 7.11 Å². The fourth-order valence-corrected chi connectivity index (χ4v) is 2.51. The second kappa shape index (κ2) is 5.06. The Hall–Kier alpha value is -1.80. The molecule has 2 rings (SSSR count). The number of nitrogens with two attached hydrogens (primary N) is 1. The van der Waals surface area contributed by atoms with Crippen molar-refractivity contribution < 1.29 is 4.74 Å². The van der Waals surface area contributed by atoms with Crippen LogP contribution in [0.4, 0.5) is 0 Å². The second-order valence-corrected chi connectivity index (χ2v) is 5.21. The Balaban J connectivity index is 2.55. The van der Waals surface area contributed by atoms with Crippen LogP contribution in [0.15, 0.2) is 42.5 Å². The lowest BCUT2D eigenvalue weighted by Gasteiger charge is -2.28. The van der Waals surface area contributed by atoms with Crippen LogP contribution in [0, 0.1) is 13.8 Å². The van der Waals surface area contributed by atoms with Crippen molar-refractivity contribution in [3.8, 4) is 5.75 Å². The first-order valence-corrected chi connectivity index (χ1v) is 6.47. The molecule has 0 spiro atoms. The van der Waals surface area contributed by atoms with Crippen LogP contribution >= 0.6 is 0 Å². The van der Waals surface area contributed by atoms with Gasteiger partial charge in [-0.05, 0) is 55.2 Å². The molecule has 19 heavy (non-hydrogen) atoms. The molecule has 0 aliphatic carbocycles. The fourth-order valence-electron chi connectivity index (χ4n) is 2.51. The molecule has 0 heterocycles. The zero-order chi connectivity index (χ0) is 14.0. The quantitative estimate of drug-likeness (QED) is 0.910. The van der Waals surface area contributed by atoms with Gasteiger partial charge in [-0.1, -0.05) is 30.3 Å². The van der Waals surface area contributed by atoms with Crippen molar-refractivity contribution in [1.82, 2.24) is 0 Å². The summed E-state index contributed by atoms with van der Waals surface area (Å²) in [7, 11) is 1.69. The lowest BCUT2D eigenvalue weighted by Crippen LogP contribution is -2.35. The normalized spacial score (nSPS) is 13.9. The summed E-state index contributed by atoms with van der Waals surface area (Å²) < 4.78 is 5.36. The first-order valence-electron chi connectivity index (χ1n) is 6.47. The summed E-state index contributed by atoms with van der Waals surface area (Å²) in [5.41, 5.74) is 10.6. The van der Waals surface area contributed by atoms with Gasteiger partial charge in [0.25, 0.3) is 0 Å². The molecular formula is C17H21NO.